The highest BCUT2D eigenvalue weighted by atomic mass is 19.1. The highest BCUT2D eigenvalue weighted by Crippen LogP contribution is 2.31. The third kappa shape index (κ3) is 1.98. The maximum Gasteiger partial charge on any atom is 0.269 e. The maximum atomic E-state index is 13.6. The smallest absolute Gasteiger partial charge is 0.269 e. The van der Waals surface area contributed by atoms with Gasteiger partial charge in [-0.3, -0.25) is 9.89 Å². The van der Waals surface area contributed by atoms with Gasteiger partial charge in [-0.05, 0) is 36.8 Å². The number of rotatable bonds is 2. The number of pyridine rings is 1. The van der Waals surface area contributed by atoms with Gasteiger partial charge in [0, 0.05) is 12.4 Å². The molecule has 1 aromatic carbocycles. The highest BCUT2D eigenvalue weighted by molar-refractivity contribution is 6.07. The van der Waals surface area contributed by atoms with E-state index in [-0.39, 0.29) is 11.7 Å². The number of carbonyl (C=O) groups excluding carboxylic acids is 1. The largest absolute Gasteiger partial charge is 0.354 e. The fourth-order valence-electron chi connectivity index (χ4n) is 2.98. The topological polar surface area (TPSA) is 75.6 Å². The summed E-state index contributed by atoms with van der Waals surface area (Å²) in [4.78, 5) is 16.0. The van der Waals surface area contributed by atoms with Crippen LogP contribution in [0.15, 0.2) is 36.7 Å². The fourth-order valence-corrected chi connectivity index (χ4v) is 2.98. The normalized spacial score (nSPS) is 11.3. The Morgan fingerprint density at radius 2 is 2.08 bits per heavy atom. The molecule has 4 rings (SSSR count). The fraction of sp³-hybridized carbons (Fsp3) is 0.118. The number of benzene rings is 1. The second-order valence-electron chi connectivity index (χ2n) is 5.56. The number of H-pyrrole nitrogens is 1. The Morgan fingerprint density at radius 3 is 2.83 bits per heavy atom. The Kier molecular flexibility index (Phi) is 3.09. The molecule has 3 heterocycles. The van der Waals surface area contributed by atoms with Crippen LogP contribution in [0.2, 0.25) is 0 Å². The molecule has 3 aromatic heterocycles. The zero-order valence-corrected chi connectivity index (χ0v) is 13.1. The number of aromatic nitrogens is 4. The number of aromatic amines is 1. The Morgan fingerprint density at radius 1 is 1.25 bits per heavy atom. The first-order chi connectivity index (χ1) is 11.6. The molecule has 120 valence electrons. The minimum Gasteiger partial charge on any atom is -0.354 e. The molecule has 0 saturated carbocycles. The number of hydrogen-bond acceptors (Lipinski definition) is 3. The lowest BCUT2D eigenvalue weighted by molar-refractivity contribution is 0.0958. The van der Waals surface area contributed by atoms with Gasteiger partial charge in [0.1, 0.15) is 11.5 Å². The van der Waals surface area contributed by atoms with Gasteiger partial charge >= 0.3 is 0 Å². The number of nitrogens with one attached hydrogen (secondary N) is 2. The van der Waals surface area contributed by atoms with E-state index in [1.54, 1.807) is 31.6 Å². The quantitative estimate of drug-likeness (QED) is 0.595. The highest BCUT2D eigenvalue weighted by Gasteiger charge is 2.17. The van der Waals surface area contributed by atoms with Crippen LogP contribution in [0.4, 0.5) is 4.39 Å². The van der Waals surface area contributed by atoms with E-state index >= 15 is 0 Å². The minimum atomic E-state index is -0.305. The Labute approximate surface area is 136 Å². The average molecular weight is 323 g/mol. The predicted octanol–water partition coefficient (Wildman–Crippen LogP) is 2.71. The van der Waals surface area contributed by atoms with Crippen molar-refractivity contribution in [2.75, 3.05) is 7.05 Å². The lowest BCUT2D eigenvalue weighted by Crippen LogP contribution is -2.19. The summed E-state index contributed by atoms with van der Waals surface area (Å²) in [5.74, 6) is -0.543. The number of hydrogen-bond donors (Lipinski definition) is 2. The van der Waals surface area contributed by atoms with E-state index in [0.29, 0.717) is 5.69 Å². The van der Waals surface area contributed by atoms with E-state index in [1.165, 1.54) is 12.1 Å². The molecule has 24 heavy (non-hydrogen) atoms. The molecule has 0 fully saturated rings. The maximum absolute atomic E-state index is 13.6. The number of amides is 1. The lowest BCUT2D eigenvalue weighted by Gasteiger charge is -2.11. The van der Waals surface area contributed by atoms with Crippen molar-refractivity contribution < 1.29 is 9.18 Å². The first-order valence-corrected chi connectivity index (χ1v) is 7.42. The first kappa shape index (κ1) is 14.4. The Bertz CT molecular complexity index is 1100. The molecule has 0 aliphatic heterocycles. The summed E-state index contributed by atoms with van der Waals surface area (Å²) in [6.07, 6.45) is 3.34. The van der Waals surface area contributed by atoms with E-state index in [9.17, 15) is 9.18 Å². The summed E-state index contributed by atoms with van der Waals surface area (Å²) in [5.41, 5.74) is 4.48. The molecule has 4 aromatic rings. The van der Waals surface area contributed by atoms with Crippen molar-refractivity contribution in [3.8, 4) is 5.69 Å². The average Bonchev–Trinajstić information content (AvgIpc) is 3.15. The van der Waals surface area contributed by atoms with Gasteiger partial charge in [-0.15, -0.1) is 0 Å². The molecule has 0 saturated heterocycles. The van der Waals surface area contributed by atoms with Crippen molar-refractivity contribution >= 4 is 27.8 Å². The molecule has 6 nitrogen and oxygen atoms in total. The molecule has 2 N–H and O–H groups in total. The summed E-state index contributed by atoms with van der Waals surface area (Å²) in [6, 6.07) is 6.36. The van der Waals surface area contributed by atoms with Gasteiger partial charge in [-0.1, -0.05) is 0 Å². The molecular formula is C17H14FN5O. The summed E-state index contributed by atoms with van der Waals surface area (Å²) >= 11 is 0. The summed E-state index contributed by atoms with van der Waals surface area (Å²) in [5, 5.41) is 10.3. The molecule has 0 atom stereocenters. The number of halogens is 1. The molecule has 0 radical (unpaired) electrons. The van der Waals surface area contributed by atoms with Gasteiger partial charge in [-0.25, -0.2) is 9.37 Å². The van der Waals surface area contributed by atoms with Crippen LogP contribution in [0.3, 0.4) is 0 Å². The summed E-state index contributed by atoms with van der Waals surface area (Å²) < 4.78 is 15.6. The predicted molar refractivity (Wildman–Crippen MR) is 88.8 cm³/mol. The van der Waals surface area contributed by atoms with Crippen molar-refractivity contribution in [3.05, 3.63) is 53.7 Å². The van der Waals surface area contributed by atoms with Crippen molar-refractivity contribution in [3.63, 3.8) is 0 Å². The van der Waals surface area contributed by atoms with Crippen LogP contribution in [0.1, 0.15) is 16.1 Å². The van der Waals surface area contributed by atoms with Gasteiger partial charge in [0.15, 0.2) is 0 Å². The van der Waals surface area contributed by atoms with Gasteiger partial charge < -0.3 is 9.88 Å². The van der Waals surface area contributed by atoms with E-state index in [2.05, 4.69) is 20.5 Å². The van der Waals surface area contributed by atoms with Crippen LogP contribution in [-0.2, 0) is 0 Å². The van der Waals surface area contributed by atoms with Crippen LogP contribution < -0.4 is 5.32 Å². The second kappa shape index (κ2) is 5.16. The van der Waals surface area contributed by atoms with Crippen molar-refractivity contribution in [2.24, 2.45) is 0 Å². The van der Waals surface area contributed by atoms with E-state index in [0.717, 1.165) is 33.2 Å². The van der Waals surface area contributed by atoms with Gasteiger partial charge in [-0.2, -0.15) is 5.10 Å². The Balaban J connectivity index is 2.02. The van der Waals surface area contributed by atoms with Gasteiger partial charge in [0.05, 0.1) is 34.6 Å². The molecule has 0 aliphatic rings. The molecule has 0 spiro atoms. The second-order valence-corrected chi connectivity index (χ2v) is 5.56. The van der Waals surface area contributed by atoms with E-state index in [4.69, 9.17) is 0 Å². The number of fused-ring (bicyclic) bond motifs is 3. The van der Waals surface area contributed by atoms with E-state index < -0.39 is 0 Å². The van der Waals surface area contributed by atoms with Crippen LogP contribution in [0.25, 0.3) is 27.6 Å². The van der Waals surface area contributed by atoms with Crippen LogP contribution in [0.5, 0.6) is 0 Å². The van der Waals surface area contributed by atoms with Crippen LogP contribution in [-0.4, -0.2) is 32.7 Å². The van der Waals surface area contributed by atoms with Crippen LogP contribution in [0, 0.1) is 12.7 Å². The van der Waals surface area contributed by atoms with E-state index in [1.807, 2.05) is 11.5 Å². The number of aryl methyl sites for hydroxylation is 1. The van der Waals surface area contributed by atoms with Crippen molar-refractivity contribution in [1.82, 2.24) is 25.1 Å². The van der Waals surface area contributed by atoms with Gasteiger partial charge in [0.2, 0.25) is 0 Å². The number of nitrogens with zero attached hydrogens (tertiary/aromatic N) is 3. The molecule has 7 heteroatoms. The standard InChI is InChI=1S/C17H14FN5O/c1-9-5-12(17(24)19-2)20-7-14(9)23-13-4-3-10(18)6-11(13)16-15(23)8-21-22-16/h3-8H,1-2H3,(H,19,24)(H,21,22). The summed E-state index contributed by atoms with van der Waals surface area (Å²) in [6.45, 7) is 1.91. The SMILES string of the molecule is CNC(=O)c1cc(C)c(-n2c3ccc(F)cc3c3[nH]ncc32)cn1. The zero-order valence-electron chi connectivity index (χ0n) is 13.1. The van der Waals surface area contributed by atoms with Gasteiger partial charge in [0.25, 0.3) is 5.91 Å². The van der Waals surface area contributed by atoms with Crippen molar-refractivity contribution in [2.45, 2.75) is 6.92 Å². The minimum absolute atomic E-state index is 0.238. The summed E-state index contributed by atoms with van der Waals surface area (Å²) in [7, 11) is 1.57. The van der Waals surface area contributed by atoms with Crippen LogP contribution >= 0.6 is 0 Å². The third-order valence-corrected chi connectivity index (χ3v) is 4.11. The monoisotopic (exact) mass is 323 g/mol. The third-order valence-electron chi connectivity index (χ3n) is 4.11. The Hall–Kier alpha value is -3.22. The molecule has 0 bridgehead atoms. The zero-order chi connectivity index (χ0) is 16.8. The van der Waals surface area contributed by atoms with Crippen molar-refractivity contribution in [1.29, 1.82) is 0 Å². The number of carbonyl (C=O) groups is 1. The lowest BCUT2D eigenvalue weighted by atomic mass is 10.2. The molecule has 0 unspecified atom stereocenters. The molecule has 1 amide bonds. The first-order valence-electron chi connectivity index (χ1n) is 7.42. The molecule has 0 aliphatic carbocycles. The molecular weight excluding hydrogens is 309 g/mol.